The molecule has 146 valence electrons. The van der Waals surface area contributed by atoms with Gasteiger partial charge in [-0.1, -0.05) is 18.2 Å². The van der Waals surface area contributed by atoms with Gasteiger partial charge in [0.2, 0.25) is 0 Å². The first kappa shape index (κ1) is 18.8. The highest BCUT2D eigenvalue weighted by molar-refractivity contribution is 7.80. The molecule has 1 atom stereocenters. The number of aromatic nitrogens is 3. The van der Waals surface area contributed by atoms with E-state index in [1.54, 1.807) is 6.20 Å². The lowest BCUT2D eigenvalue weighted by atomic mass is 10.2. The second-order valence-corrected chi connectivity index (χ2v) is 7.44. The summed E-state index contributed by atoms with van der Waals surface area (Å²) in [5.74, 6) is 0.972. The summed E-state index contributed by atoms with van der Waals surface area (Å²) in [7, 11) is 0. The van der Waals surface area contributed by atoms with Crippen LogP contribution in [0.25, 0.3) is 11.0 Å². The van der Waals surface area contributed by atoms with Crippen LogP contribution in [0.1, 0.15) is 24.2 Å². The van der Waals surface area contributed by atoms with Gasteiger partial charge < -0.3 is 19.9 Å². The van der Waals surface area contributed by atoms with Crippen molar-refractivity contribution < 1.29 is 4.74 Å². The van der Waals surface area contributed by atoms with Crippen LogP contribution < -0.4 is 5.32 Å². The maximum absolute atomic E-state index is 5.70. The molecule has 0 saturated carbocycles. The SMILES string of the molecule is S=C(NC[C@@H]1CCCO1)N(CCc1nc2ccccc2[nH]1)Cc1cccnc1. The number of benzene rings is 1. The summed E-state index contributed by atoms with van der Waals surface area (Å²) < 4.78 is 5.70. The molecule has 6 nitrogen and oxygen atoms in total. The van der Waals surface area contributed by atoms with Gasteiger partial charge in [0.15, 0.2) is 5.11 Å². The number of pyridine rings is 1. The van der Waals surface area contributed by atoms with Crippen molar-refractivity contribution in [2.45, 2.75) is 31.9 Å². The molecule has 1 saturated heterocycles. The van der Waals surface area contributed by atoms with E-state index in [-0.39, 0.29) is 6.10 Å². The van der Waals surface area contributed by atoms with Crippen molar-refractivity contribution in [2.24, 2.45) is 0 Å². The molecule has 3 heterocycles. The number of ether oxygens (including phenoxy) is 1. The van der Waals surface area contributed by atoms with E-state index in [9.17, 15) is 0 Å². The number of rotatable bonds is 7. The van der Waals surface area contributed by atoms with E-state index in [2.05, 4.69) is 31.2 Å². The lowest BCUT2D eigenvalue weighted by Gasteiger charge is -2.26. The molecule has 0 spiro atoms. The number of hydrogen-bond acceptors (Lipinski definition) is 4. The van der Waals surface area contributed by atoms with Crippen LogP contribution in [0.4, 0.5) is 0 Å². The smallest absolute Gasteiger partial charge is 0.169 e. The molecule has 1 aromatic carbocycles. The Bertz CT molecular complexity index is 874. The Kier molecular flexibility index (Phi) is 6.14. The predicted octanol–water partition coefficient (Wildman–Crippen LogP) is 3.06. The van der Waals surface area contributed by atoms with Gasteiger partial charge in [0.25, 0.3) is 0 Å². The highest BCUT2D eigenvalue weighted by Crippen LogP contribution is 2.13. The Hall–Kier alpha value is -2.51. The van der Waals surface area contributed by atoms with Gasteiger partial charge in [0.1, 0.15) is 5.82 Å². The Balaban J connectivity index is 1.41. The summed E-state index contributed by atoms with van der Waals surface area (Å²) in [6.45, 7) is 3.09. The Morgan fingerprint density at radius 1 is 1.29 bits per heavy atom. The largest absolute Gasteiger partial charge is 0.376 e. The van der Waals surface area contributed by atoms with Crippen molar-refractivity contribution in [3.63, 3.8) is 0 Å². The van der Waals surface area contributed by atoms with Gasteiger partial charge in [0.05, 0.1) is 17.1 Å². The molecule has 1 aliphatic rings. The Morgan fingerprint density at radius 2 is 2.21 bits per heavy atom. The maximum atomic E-state index is 5.70. The monoisotopic (exact) mass is 395 g/mol. The molecule has 2 aromatic heterocycles. The van der Waals surface area contributed by atoms with E-state index in [1.165, 1.54) is 0 Å². The number of imidazole rings is 1. The lowest BCUT2D eigenvalue weighted by Crippen LogP contribution is -2.43. The van der Waals surface area contributed by atoms with Crippen LogP contribution in [0.15, 0.2) is 48.8 Å². The molecule has 0 radical (unpaired) electrons. The highest BCUT2D eigenvalue weighted by atomic mass is 32.1. The fraction of sp³-hybridized carbons (Fsp3) is 0.381. The predicted molar refractivity (Wildman–Crippen MR) is 114 cm³/mol. The van der Waals surface area contributed by atoms with Crippen molar-refractivity contribution in [3.8, 4) is 0 Å². The standard InChI is InChI=1S/C21H25N5OS/c28-21(23-14-17-6-4-12-27-17)26(15-16-5-3-10-22-13-16)11-9-20-24-18-7-1-2-8-19(18)25-20/h1-3,5,7-8,10,13,17H,4,6,9,11-12,14-15H2,(H,23,28)(H,24,25)/t17-/m0/s1. The number of H-pyrrole nitrogens is 1. The Labute approximate surface area is 170 Å². The first-order chi connectivity index (χ1) is 13.8. The summed E-state index contributed by atoms with van der Waals surface area (Å²) in [6.07, 6.45) is 6.94. The third kappa shape index (κ3) is 4.85. The molecular formula is C21H25N5OS. The summed E-state index contributed by atoms with van der Waals surface area (Å²) in [4.78, 5) is 14.5. The number of para-hydroxylation sites is 2. The lowest BCUT2D eigenvalue weighted by molar-refractivity contribution is 0.113. The van der Waals surface area contributed by atoms with Crippen molar-refractivity contribution in [1.29, 1.82) is 0 Å². The molecule has 0 unspecified atom stereocenters. The molecule has 1 aliphatic heterocycles. The molecule has 0 amide bonds. The summed E-state index contributed by atoms with van der Waals surface area (Å²) in [6, 6.07) is 12.1. The molecule has 2 N–H and O–H groups in total. The minimum absolute atomic E-state index is 0.258. The first-order valence-corrected chi connectivity index (χ1v) is 10.2. The van der Waals surface area contributed by atoms with Crippen molar-refractivity contribution >= 4 is 28.4 Å². The van der Waals surface area contributed by atoms with E-state index in [1.807, 2.05) is 36.5 Å². The number of nitrogens with one attached hydrogen (secondary N) is 2. The molecule has 0 bridgehead atoms. The topological polar surface area (TPSA) is 66.1 Å². The van der Waals surface area contributed by atoms with Crippen molar-refractivity contribution in [1.82, 2.24) is 25.2 Å². The Morgan fingerprint density at radius 3 is 3.00 bits per heavy atom. The molecule has 7 heteroatoms. The van der Waals surface area contributed by atoms with Gasteiger partial charge in [-0.05, 0) is 48.8 Å². The third-order valence-corrected chi connectivity index (χ3v) is 5.35. The fourth-order valence-corrected chi connectivity index (χ4v) is 3.69. The number of fused-ring (bicyclic) bond motifs is 1. The summed E-state index contributed by atoms with van der Waals surface area (Å²) in [5, 5.41) is 4.13. The summed E-state index contributed by atoms with van der Waals surface area (Å²) >= 11 is 5.70. The van der Waals surface area contributed by atoms with Crippen LogP contribution in [-0.2, 0) is 17.7 Å². The number of aromatic amines is 1. The minimum atomic E-state index is 0.258. The fourth-order valence-electron chi connectivity index (χ4n) is 3.45. The van der Waals surface area contributed by atoms with Crippen molar-refractivity contribution in [3.05, 3.63) is 60.2 Å². The number of thiocarbonyl (C=S) groups is 1. The number of hydrogen-bond donors (Lipinski definition) is 2. The molecular weight excluding hydrogens is 370 g/mol. The van der Waals surface area contributed by atoms with Crippen molar-refractivity contribution in [2.75, 3.05) is 19.7 Å². The van der Waals surface area contributed by atoms with Gasteiger partial charge in [0, 0.05) is 45.1 Å². The van der Waals surface area contributed by atoms with Gasteiger partial charge in [-0.15, -0.1) is 0 Å². The normalized spacial score (nSPS) is 16.4. The second kappa shape index (κ2) is 9.12. The van der Waals surface area contributed by atoms with E-state index in [0.29, 0.717) is 6.54 Å². The van der Waals surface area contributed by atoms with E-state index in [4.69, 9.17) is 17.0 Å². The first-order valence-electron chi connectivity index (χ1n) is 9.75. The van der Waals surface area contributed by atoms with Crippen LogP contribution in [0.2, 0.25) is 0 Å². The minimum Gasteiger partial charge on any atom is -0.376 e. The zero-order chi connectivity index (χ0) is 19.2. The molecule has 0 aliphatic carbocycles. The van der Waals surface area contributed by atoms with Crippen LogP contribution in [0, 0.1) is 0 Å². The van der Waals surface area contributed by atoms with Gasteiger partial charge >= 0.3 is 0 Å². The summed E-state index contributed by atoms with van der Waals surface area (Å²) in [5.41, 5.74) is 3.19. The van der Waals surface area contributed by atoms with Crippen LogP contribution in [-0.4, -0.2) is 50.8 Å². The van der Waals surface area contributed by atoms with E-state index in [0.717, 1.165) is 66.5 Å². The second-order valence-electron chi connectivity index (χ2n) is 7.05. The maximum Gasteiger partial charge on any atom is 0.169 e. The van der Waals surface area contributed by atoms with Crippen LogP contribution in [0.3, 0.4) is 0 Å². The number of nitrogens with zero attached hydrogens (tertiary/aromatic N) is 3. The van der Waals surface area contributed by atoms with Crippen LogP contribution in [0.5, 0.6) is 0 Å². The molecule has 4 rings (SSSR count). The van der Waals surface area contributed by atoms with Gasteiger partial charge in [-0.25, -0.2) is 4.98 Å². The van der Waals surface area contributed by atoms with E-state index < -0.39 is 0 Å². The highest BCUT2D eigenvalue weighted by Gasteiger charge is 2.18. The van der Waals surface area contributed by atoms with Gasteiger partial charge in [-0.3, -0.25) is 4.98 Å². The zero-order valence-corrected chi connectivity index (χ0v) is 16.6. The zero-order valence-electron chi connectivity index (χ0n) is 15.8. The third-order valence-electron chi connectivity index (χ3n) is 4.95. The van der Waals surface area contributed by atoms with Gasteiger partial charge in [-0.2, -0.15) is 0 Å². The quantitative estimate of drug-likeness (QED) is 0.600. The average molecular weight is 396 g/mol. The molecule has 3 aromatic rings. The van der Waals surface area contributed by atoms with Crippen LogP contribution >= 0.6 is 12.2 Å². The average Bonchev–Trinajstić information content (AvgIpc) is 3.39. The van der Waals surface area contributed by atoms with E-state index >= 15 is 0 Å². The molecule has 28 heavy (non-hydrogen) atoms. The molecule has 1 fully saturated rings.